The minimum absolute atomic E-state index is 0. The minimum Gasteiger partial charge on any atom is -0.493 e. The molecule has 3 heterocycles. The van der Waals surface area contributed by atoms with Crippen molar-refractivity contribution in [1.82, 2.24) is 15.6 Å². The van der Waals surface area contributed by atoms with Gasteiger partial charge in [0.05, 0.1) is 11.6 Å². The summed E-state index contributed by atoms with van der Waals surface area (Å²) >= 11 is 6.30. The molecule has 0 aliphatic carbocycles. The molecule has 2 aliphatic rings. The highest BCUT2D eigenvalue weighted by molar-refractivity contribution is 14.0. The fraction of sp³-hybridized carbons (Fsp3) is 0.455. The Morgan fingerprint density at radius 2 is 2.27 bits per heavy atom. The Bertz CT molecular complexity index is 878. The third-order valence-corrected chi connectivity index (χ3v) is 5.63. The number of aromatic nitrogens is 1. The monoisotopic (exact) mass is 541 g/mol. The van der Waals surface area contributed by atoms with Gasteiger partial charge in [0.15, 0.2) is 5.96 Å². The first-order valence-corrected chi connectivity index (χ1v) is 10.8. The summed E-state index contributed by atoms with van der Waals surface area (Å²) in [6, 6.07) is 10.6. The molecule has 1 aromatic carbocycles. The van der Waals surface area contributed by atoms with E-state index in [1.165, 1.54) is 11.1 Å². The molecule has 2 N–H and O–H groups in total. The quantitative estimate of drug-likeness (QED) is 0.332. The molecule has 1 unspecified atom stereocenters. The van der Waals surface area contributed by atoms with E-state index in [1.807, 2.05) is 12.1 Å². The van der Waals surface area contributed by atoms with Gasteiger partial charge < -0.3 is 20.3 Å². The topological polar surface area (TPSA) is 61.8 Å². The summed E-state index contributed by atoms with van der Waals surface area (Å²) in [5, 5.41) is 7.63. The zero-order chi connectivity index (χ0) is 20.1. The van der Waals surface area contributed by atoms with E-state index in [0.29, 0.717) is 11.1 Å². The molecule has 1 saturated heterocycles. The van der Waals surface area contributed by atoms with Crippen LogP contribution < -0.4 is 20.3 Å². The average Bonchev–Trinajstić information content (AvgIpc) is 3.37. The molecule has 0 spiro atoms. The third-order valence-electron chi connectivity index (χ3n) is 5.34. The molecule has 162 valence electrons. The Balaban J connectivity index is 0.00000256. The number of fused-ring (bicyclic) bond motifs is 1. The van der Waals surface area contributed by atoms with Crippen molar-refractivity contribution >= 4 is 47.4 Å². The van der Waals surface area contributed by atoms with Crippen LogP contribution in [0, 0.1) is 0 Å². The van der Waals surface area contributed by atoms with Crippen molar-refractivity contribution in [1.29, 1.82) is 0 Å². The first kappa shape index (κ1) is 22.9. The summed E-state index contributed by atoms with van der Waals surface area (Å²) in [5.74, 6) is 2.77. The SMILES string of the molecule is CCNC(=NCCc1ccc2c(c1)CCO2)NC1CCN(c2ncccc2Cl)C1.I. The number of halogens is 2. The molecular weight excluding hydrogens is 513 g/mol. The zero-order valence-electron chi connectivity index (χ0n) is 17.2. The number of benzene rings is 1. The first-order valence-electron chi connectivity index (χ1n) is 10.4. The average molecular weight is 542 g/mol. The van der Waals surface area contributed by atoms with Crippen LogP contribution in [-0.4, -0.2) is 49.8 Å². The number of hydrogen-bond acceptors (Lipinski definition) is 4. The highest BCUT2D eigenvalue weighted by Gasteiger charge is 2.25. The molecule has 30 heavy (non-hydrogen) atoms. The number of nitrogens with zero attached hydrogens (tertiary/aromatic N) is 3. The number of hydrogen-bond donors (Lipinski definition) is 2. The van der Waals surface area contributed by atoms with E-state index < -0.39 is 0 Å². The minimum atomic E-state index is 0. The van der Waals surface area contributed by atoms with Crippen LogP contribution in [0.2, 0.25) is 5.02 Å². The van der Waals surface area contributed by atoms with Crippen LogP contribution in [0.1, 0.15) is 24.5 Å². The molecule has 0 bridgehead atoms. The van der Waals surface area contributed by atoms with Gasteiger partial charge in [0.25, 0.3) is 0 Å². The van der Waals surface area contributed by atoms with Crippen molar-refractivity contribution in [3.8, 4) is 5.75 Å². The Hall–Kier alpha value is -1.74. The second-order valence-electron chi connectivity index (χ2n) is 7.44. The number of aliphatic imine (C=N–C) groups is 1. The molecule has 2 aromatic rings. The lowest BCUT2D eigenvalue weighted by Crippen LogP contribution is -2.44. The van der Waals surface area contributed by atoms with Crippen molar-refractivity contribution in [2.24, 2.45) is 4.99 Å². The molecule has 0 radical (unpaired) electrons. The van der Waals surface area contributed by atoms with Gasteiger partial charge >= 0.3 is 0 Å². The van der Waals surface area contributed by atoms with Crippen molar-refractivity contribution in [2.45, 2.75) is 32.2 Å². The summed E-state index contributed by atoms with van der Waals surface area (Å²) in [7, 11) is 0. The van der Waals surface area contributed by atoms with Gasteiger partial charge in [0, 0.05) is 44.8 Å². The van der Waals surface area contributed by atoms with Gasteiger partial charge in [0.1, 0.15) is 11.6 Å². The zero-order valence-corrected chi connectivity index (χ0v) is 20.3. The van der Waals surface area contributed by atoms with E-state index in [1.54, 1.807) is 6.20 Å². The van der Waals surface area contributed by atoms with Gasteiger partial charge in [-0.3, -0.25) is 4.99 Å². The van der Waals surface area contributed by atoms with Crippen LogP contribution in [0.3, 0.4) is 0 Å². The van der Waals surface area contributed by atoms with E-state index in [9.17, 15) is 0 Å². The number of anilines is 1. The molecule has 1 atom stereocenters. The first-order chi connectivity index (χ1) is 14.2. The van der Waals surface area contributed by atoms with E-state index in [0.717, 1.165) is 69.6 Å². The molecule has 1 fully saturated rings. The van der Waals surface area contributed by atoms with E-state index >= 15 is 0 Å². The normalized spacial score (nSPS) is 17.9. The summed E-state index contributed by atoms with van der Waals surface area (Å²) in [4.78, 5) is 11.4. The van der Waals surface area contributed by atoms with E-state index in [4.69, 9.17) is 21.3 Å². The lowest BCUT2D eigenvalue weighted by molar-refractivity contribution is 0.357. The van der Waals surface area contributed by atoms with Gasteiger partial charge in [-0.25, -0.2) is 4.98 Å². The van der Waals surface area contributed by atoms with Gasteiger partial charge in [-0.2, -0.15) is 0 Å². The fourth-order valence-electron chi connectivity index (χ4n) is 3.89. The number of nitrogens with one attached hydrogen (secondary N) is 2. The van der Waals surface area contributed by atoms with Gasteiger partial charge in [-0.1, -0.05) is 23.7 Å². The molecule has 6 nitrogen and oxygen atoms in total. The Labute approximate surface area is 200 Å². The summed E-state index contributed by atoms with van der Waals surface area (Å²) in [5.41, 5.74) is 2.63. The predicted molar refractivity (Wildman–Crippen MR) is 134 cm³/mol. The van der Waals surface area contributed by atoms with Gasteiger partial charge in [-0.05, 0) is 49.1 Å². The van der Waals surface area contributed by atoms with Crippen LogP contribution in [0.15, 0.2) is 41.5 Å². The molecule has 0 saturated carbocycles. The Kier molecular flexibility index (Phi) is 8.44. The van der Waals surface area contributed by atoms with Gasteiger partial charge in [0.2, 0.25) is 0 Å². The highest BCUT2D eigenvalue weighted by atomic mass is 127. The van der Waals surface area contributed by atoms with Crippen molar-refractivity contribution in [3.05, 3.63) is 52.7 Å². The largest absolute Gasteiger partial charge is 0.493 e. The van der Waals surface area contributed by atoms with E-state index in [-0.39, 0.29) is 24.0 Å². The van der Waals surface area contributed by atoms with Crippen LogP contribution in [0.25, 0.3) is 0 Å². The Morgan fingerprint density at radius 3 is 3.10 bits per heavy atom. The molecule has 1 aromatic heterocycles. The van der Waals surface area contributed by atoms with Crippen LogP contribution >= 0.6 is 35.6 Å². The molecule has 2 aliphatic heterocycles. The standard InChI is InChI=1S/C22H28ClN5O.HI/c1-2-24-22(26-11-7-16-5-6-20-17(14-16)9-13-29-20)27-18-8-12-28(15-18)21-19(23)4-3-10-25-21;/h3-6,10,14,18H,2,7-9,11-13,15H2,1H3,(H2,24,26,27);1H. The number of pyridine rings is 1. The summed E-state index contributed by atoms with van der Waals surface area (Å²) in [6.07, 6.45) is 4.75. The third kappa shape index (κ3) is 5.69. The van der Waals surface area contributed by atoms with Crippen LogP contribution in [0.4, 0.5) is 5.82 Å². The maximum Gasteiger partial charge on any atom is 0.191 e. The number of rotatable bonds is 6. The maximum atomic E-state index is 6.30. The van der Waals surface area contributed by atoms with Crippen LogP contribution in [0.5, 0.6) is 5.75 Å². The van der Waals surface area contributed by atoms with E-state index in [2.05, 4.69) is 45.6 Å². The molecular formula is C22H29ClIN5O. The van der Waals surface area contributed by atoms with Crippen LogP contribution in [-0.2, 0) is 12.8 Å². The lowest BCUT2D eigenvalue weighted by atomic mass is 10.1. The summed E-state index contributed by atoms with van der Waals surface area (Å²) < 4.78 is 5.59. The summed E-state index contributed by atoms with van der Waals surface area (Å²) in [6.45, 7) is 6.28. The number of ether oxygens (including phenoxy) is 1. The maximum absolute atomic E-state index is 6.30. The predicted octanol–water partition coefficient (Wildman–Crippen LogP) is 3.66. The highest BCUT2D eigenvalue weighted by Crippen LogP contribution is 2.26. The second-order valence-corrected chi connectivity index (χ2v) is 7.84. The molecule has 8 heteroatoms. The Morgan fingerprint density at radius 1 is 1.37 bits per heavy atom. The van der Waals surface area contributed by atoms with Crippen molar-refractivity contribution in [2.75, 3.05) is 37.7 Å². The number of guanidine groups is 1. The lowest BCUT2D eigenvalue weighted by Gasteiger charge is -2.20. The smallest absolute Gasteiger partial charge is 0.191 e. The molecule has 0 amide bonds. The second kappa shape index (κ2) is 11.0. The molecule has 4 rings (SSSR count). The van der Waals surface area contributed by atoms with Crippen molar-refractivity contribution < 1.29 is 4.74 Å². The fourth-order valence-corrected chi connectivity index (χ4v) is 4.13. The van der Waals surface area contributed by atoms with Crippen molar-refractivity contribution in [3.63, 3.8) is 0 Å². The van der Waals surface area contributed by atoms with Gasteiger partial charge in [-0.15, -0.1) is 24.0 Å².